The summed E-state index contributed by atoms with van der Waals surface area (Å²) in [5, 5.41) is 8.66. The molecule has 0 aliphatic heterocycles. The van der Waals surface area contributed by atoms with E-state index in [1.165, 1.54) is 0 Å². The summed E-state index contributed by atoms with van der Waals surface area (Å²) >= 11 is 0. The maximum Gasteiger partial charge on any atom is 0.118 e. The van der Waals surface area contributed by atoms with Crippen molar-refractivity contribution in [3.05, 3.63) is 0 Å². The molecule has 0 aromatic carbocycles. The summed E-state index contributed by atoms with van der Waals surface area (Å²) in [7, 11) is 0. The third-order valence-electron chi connectivity index (χ3n) is 1.13. The fourth-order valence-corrected chi connectivity index (χ4v) is 0.510. The van der Waals surface area contributed by atoms with Gasteiger partial charge in [-0.15, -0.1) is 0 Å². The van der Waals surface area contributed by atoms with Gasteiger partial charge in [0.25, 0.3) is 0 Å². The van der Waals surface area contributed by atoms with Crippen LogP contribution in [0, 0.1) is 0 Å². The molecule has 0 aliphatic carbocycles. The van der Waals surface area contributed by atoms with Crippen LogP contribution in [0.3, 0.4) is 0 Å². The van der Waals surface area contributed by atoms with E-state index in [-0.39, 0.29) is 6.61 Å². The van der Waals surface area contributed by atoms with Crippen molar-refractivity contribution in [2.75, 3.05) is 19.9 Å². The van der Waals surface area contributed by atoms with Crippen molar-refractivity contribution >= 4 is 0 Å². The minimum Gasteiger partial charge on any atom is -0.388 e. The van der Waals surface area contributed by atoms with Crippen LogP contribution in [0.25, 0.3) is 0 Å². The highest BCUT2D eigenvalue weighted by molar-refractivity contribution is 4.48. The quantitative estimate of drug-likeness (QED) is 0.575. The van der Waals surface area contributed by atoms with Crippen LogP contribution in [0.5, 0.6) is 0 Å². The Bertz CT molecular complexity index is 68.6. The van der Waals surface area contributed by atoms with E-state index in [9.17, 15) is 4.39 Å². The molecule has 0 saturated heterocycles. The number of unbranched alkanes of at least 4 members (excludes halogenated alkanes) is 1. The van der Waals surface area contributed by atoms with Crippen LogP contribution in [-0.4, -0.2) is 31.1 Å². The molecule has 1 N–H and O–H groups in total. The first-order chi connectivity index (χ1) is 4.81. The predicted octanol–water partition coefficient (Wildman–Crippen LogP) is 1.13. The minimum atomic E-state index is -0.933. The van der Waals surface area contributed by atoms with Crippen molar-refractivity contribution in [1.82, 2.24) is 0 Å². The standard InChI is InChI=1S/C7H15FO2/c1-2-3-4-10-6-7(9)5-8/h7,9H,2-6H2,1H3/t7-/m1/s1. The fourth-order valence-electron chi connectivity index (χ4n) is 0.510. The second-order valence-corrected chi connectivity index (χ2v) is 2.24. The zero-order valence-corrected chi connectivity index (χ0v) is 6.35. The molecule has 0 radical (unpaired) electrons. The summed E-state index contributed by atoms with van der Waals surface area (Å²) in [5.74, 6) is 0. The number of alkyl halides is 1. The van der Waals surface area contributed by atoms with E-state index < -0.39 is 12.8 Å². The molecular formula is C7H15FO2. The Kier molecular flexibility index (Phi) is 6.86. The molecular weight excluding hydrogens is 135 g/mol. The number of hydrogen-bond acceptors (Lipinski definition) is 2. The SMILES string of the molecule is CCCCOC[C@H](O)CF. The van der Waals surface area contributed by atoms with Crippen molar-refractivity contribution in [2.24, 2.45) is 0 Å². The molecule has 62 valence electrons. The zero-order chi connectivity index (χ0) is 7.82. The van der Waals surface area contributed by atoms with Crippen molar-refractivity contribution in [3.63, 3.8) is 0 Å². The van der Waals surface area contributed by atoms with Gasteiger partial charge in [-0.1, -0.05) is 13.3 Å². The van der Waals surface area contributed by atoms with Gasteiger partial charge in [0.1, 0.15) is 12.8 Å². The van der Waals surface area contributed by atoms with Crippen LogP contribution in [0.4, 0.5) is 4.39 Å². The average molecular weight is 150 g/mol. The highest BCUT2D eigenvalue weighted by Gasteiger charge is 2.00. The van der Waals surface area contributed by atoms with Crippen LogP contribution in [0.1, 0.15) is 19.8 Å². The Morgan fingerprint density at radius 2 is 2.30 bits per heavy atom. The highest BCUT2D eigenvalue weighted by Crippen LogP contribution is 1.90. The first-order valence-corrected chi connectivity index (χ1v) is 3.63. The zero-order valence-electron chi connectivity index (χ0n) is 6.35. The Hall–Kier alpha value is -0.150. The molecule has 0 bridgehead atoms. The van der Waals surface area contributed by atoms with E-state index in [4.69, 9.17) is 9.84 Å². The molecule has 0 aromatic heterocycles. The number of halogens is 1. The lowest BCUT2D eigenvalue weighted by atomic mass is 10.3. The second kappa shape index (κ2) is 6.96. The molecule has 0 aliphatic rings. The number of ether oxygens (including phenoxy) is 1. The van der Waals surface area contributed by atoms with Crippen molar-refractivity contribution in [3.8, 4) is 0 Å². The first-order valence-electron chi connectivity index (χ1n) is 3.63. The molecule has 2 nitrogen and oxygen atoms in total. The van der Waals surface area contributed by atoms with Gasteiger partial charge in [-0.2, -0.15) is 0 Å². The van der Waals surface area contributed by atoms with E-state index in [1.54, 1.807) is 0 Å². The van der Waals surface area contributed by atoms with E-state index in [0.717, 1.165) is 12.8 Å². The Balaban J connectivity index is 2.89. The molecule has 0 saturated carbocycles. The van der Waals surface area contributed by atoms with Crippen molar-refractivity contribution in [1.29, 1.82) is 0 Å². The maximum atomic E-state index is 11.6. The van der Waals surface area contributed by atoms with Gasteiger partial charge in [0.15, 0.2) is 0 Å². The molecule has 0 amide bonds. The summed E-state index contributed by atoms with van der Waals surface area (Å²) in [4.78, 5) is 0. The molecule has 0 rings (SSSR count). The van der Waals surface area contributed by atoms with Gasteiger partial charge in [0.2, 0.25) is 0 Å². The molecule has 0 heterocycles. The number of hydrogen-bond donors (Lipinski definition) is 1. The second-order valence-electron chi connectivity index (χ2n) is 2.24. The summed E-state index contributed by atoms with van der Waals surface area (Å²) in [6.45, 7) is 2.07. The first kappa shape index (κ1) is 9.85. The Morgan fingerprint density at radius 1 is 1.60 bits per heavy atom. The Morgan fingerprint density at radius 3 is 2.80 bits per heavy atom. The molecule has 3 heteroatoms. The van der Waals surface area contributed by atoms with Gasteiger partial charge in [-0.05, 0) is 6.42 Å². The van der Waals surface area contributed by atoms with Gasteiger partial charge < -0.3 is 9.84 Å². The molecule has 10 heavy (non-hydrogen) atoms. The Labute approximate surface area is 61.0 Å². The average Bonchev–Trinajstić information content (AvgIpc) is 1.98. The van der Waals surface area contributed by atoms with Gasteiger partial charge in [-0.25, -0.2) is 4.39 Å². The smallest absolute Gasteiger partial charge is 0.118 e. The predicted molar refractivity (Wildman–Crippen MR) is 37.7 cm³/mol. The lowest BCUT2D eigenvalue weighted by Crippen LogP contribution is -2.17. The van der Waals surface area contributed by atoms with Crippen LogP contribution < -0.4 is 0 Å². The molecule has 0 aromatic rings. The van der Waals surface area contributed by atoms with Crippen LogP contribution in [0.2, 0.25) is 0 Å². The van der Waals surface area contributed by atoms with E-state index >= 15 is 0 Å². The molecule has 0 fully saturated rings. The van der Waals surface area contributed by atoms with E-state index in [0.29, 0.717) is 6.61 Å². The minimum absolute atomic E-state index is 0.122. The fraction of sp³-hybridized carbons (Fsp3) is 1.00. The molecule has 1 atom stereocenters. The third-order valence-corrected chi connectivity index (χ3v) is 1.13. The molecule has 0 unspecified atom stereocenters. The largest absolute Gasteiger partial charge is 0.388 e. The van der Waals surface area contributed by atoms with Crippen LogP contribution in [0.15, 0.2) is 0 Å². The van der Waals surface area contributed by atoms with E-state index in [2.05, 4.69) is 6.92 Å². The number of aliphatic hydroxyl groups is 1. The lowest BCUT2D eigenvalue weighted by Gasteiger charge is -2.05. The third kappa shape index (κ3) is 5.98. The molecule has 0 spiro atoms. The number of rotatable bonds is 6. The lowest BCUT2D eigenvalue weighted by molar-refractivity contribution is 0.0232. The topological polar surface area (TPSA) is 29.5 Å². The van der Waals surface area contributed by atoms with Gasteiger partial charge in [0, 0.05) is 6.61 Å². The number of aliphatic hydroxyl groups excluding tert-OH is 1. The van der Waals surface area contributed by atoms with Crippen LogP contribution in [-0.2, 0) is 4.74 Å². The van der Waals surface area contributed by atoms with Gasteiger partial charge in [-0.3, -0.25) is 0 Å². The van der Waals surface area contributed by atoms with E-state index in [1.807, 2.05) is 0 Å². The summed E-state index contributed by atoms with van der Waals surface area (Å²) < 4.78 is 16.5. The summed E-state index contributed by atoms with van der Waals surface area (Å²) in [5.41, 5.74) is 0. The van der Waals surface area contributed by atoms with Gasteiger partial charge >= 0.3 is 0 Å². The maximum absolute atomic E-state index is 11.6. The monoisotopic (exact) mass is 150 g/mol. The van der Waals surface area contributed by atoms with Crippen molar-refractivity contribution in [2.45, 2.75) is 25.9 Å². The summed E-state index contributed by atoms with van der Waals surface area (Å²) in [6, 6.07) is 0. The van der Waals surface area contributed by atoms with Gasteiger partial charge in [0.05, 0.1) is 6.61 Å². The summed E-state index contributed by atoms with van der Waals surface area (Å²) in [6.07, 6.45) is 1.10. The normalized spacial score (nSPS) is 13.5. The van der Waals surface area contributed by atoms with Crippen LogP contribution >= 0.6 is 0 Å². The highest BCUT2D eigenvalue weighted by atomic mass is 19.1. The van der Waals surface area contributed by atoms with Crippen molar-refractivity contribution < 1.29 is 14.2 Å².